The van der Waals surface area contributed by atoms with Gasteiger partial charge in [0.25, 0.3) is 5.56 Å². The van der Waals surface area contributed by atoms with E-state index in [1.54, 1.807) is 0 Å². The van der Waals surface area contributed by atoms with Crippen LogP contribution in [0.15, 0.2) is 39.6 Å². The molecule has 1 aromatic carbocycles. The predicted molar refractivity (Wildman–Crippen MR) is 66.5 cm³/mol. The number of benzene rings is 1. The number of H-pyrrole nitrogens is 1. The van der Waals surface area contributed by atoms with Gasteiger partial charge in [0.2, 0.25) is 0 Å². The van der Waals surface area contributed by atoms with E-state index in [-0.39, 0.29) is 5.56 Å². The van der Waals surface area contributed by atoms with Gasteiger partial charge in [0.05, 0.1) is 5.69 Å². The van der Waals surface area contributed by atoms with Crippen LogP contribution in [0.5, 0.6) is 0 Å². The summed E-state index contributed by atoms with van der Waals surface area (Å²) < 4.78 is 1.02. The zero-order chi connectivity index (χ0) is 11.5. The maximum atomic E-state index is 11.5. The number of hydrogen-bond donors (Lipinski definition) is 1. The Morgan fingerprint density at radius 3 is 2.94 bits per heavy atom. The van der Waals surface area contributed by atoms with Crippen molar-refractivity contribution in [3.8, 4) is 0 Å². The van der Waals surface area contributed by atoms with Crippen molar-refractivity contribution < 1.29 is 0 Å². The smallest absolute Gasteiger partial charge is 0.267 e. The highest BCUT2D eigenvalue weighted by Crippen LogP contribution is 2.13. The molecule has 3 nitrogen and oxygen atoms in total. The molecule has 0 unspecified atom stereocenters. The van der Waals surface area contributed by atoms with Gasteiger partial charge in [-0.2, -0.15) is 5.10 Å². The van der Waals surface area contributed by atoms with Gasteiger partial charge in [-0.3, -0.25) is 4.79 Å². The van der Waals surface area contributed by atoms with Crippen LogP contribution in [0.3, 0.4) is 0 Å². The molecule has 0 amide bonds. The van der Waals surface area contributed by atoms with Crippen LogP contribution in [0, 0.1) is 6.92 Å². The minimum Gasteiger partial charge on any atom is -0.268 e. The van der Waals surface area contributed by atoms with Crippen LogP contribution in [0.4, 0.5) is 0 Å². The first-order valence-corrected chi connectivity index (χ1v) is 5.74. The van der Waals surface area contributed by atoms with Gasteiger partial charge in [0, 0.05) is 16.5 Å². The van der Waals surface area contributed by atoms with E-state index in [9.17, 15) is 4.79 Å². The van der Waals surface area contributed by atoms with Gasteiger partial charge in [-0.05, 0) is 30.7 Å². The van der Waals surface area contributed by atoms with Crippen molar-refractivity contribution in [3.63, 3.8) is 0 Å². The quantitative estimate of drug-likeness (QED) is 0.917. The molecule has 0 fully saturated rings. The lowest BCUT2D eigenvalue weighted by molar-refractivity contribution is 0.913. The third-order valence-electron chi connectivity index (χ3n) is 2.29. The molecule has 0 saturated carbocycles. The van der Waals surface area contributed by atoms with Gasteiger partial charge in [-0.25, -0.2) is 5.10 Å². The van der Waals surface area contributed by atoms with Crippen molar-refractivity contribution in [3.05, 3.63) is 62.0 Å². The van der Waals surface area contributed by atoms with Crippen molar-refractivity contribution >= 4 is 15.9 Å². The van der Waals surface area contributed by atoms with E-state index in [2.05, 4.69) is 26.1 Å². The number of nitrogens with one attached hydrogen (secondary N) is 1. The van der Waals surface area contributed by atoms with E-state index < -0.39 is 0 Å². The summed E-state index contributed by atoms with van der Waals surface area (Å²) in [6.07, 6.45) is 0.623. The van der Waals surface area contributed by atoms with Crippen LogP contribution in [-0.2, 0) is 6.42 Å². The molecule has 1 heterocycles. The summed E-state index contributed by atoms with van der Waals surface area (Å²) in [7, 11) is 0. The standard InChI is InChI=1S/C12H11BrN2O/c1-8-5-10(12(16)15-14-8)6-9-3-2-4-11(13)7-9/h2-5,7H,6H2,1H3,(H,15,16). The number of rotatable bonds is 2. The molecule has 82 valence electrons. The highest BCUT2D eigenvalue weighted by Gasteiger charge is 2.02. The molecule has 0 atom stereocenters. The number of halogens is 1. The molecule has 0 aliphatic carbocycles. The average molecular weight is 279 g/mol. The number of aryl methyl sites for hydroxylation is 1. The SMILES string of the molecule is Cc1cc(Cc2cccc(Br)c2)c(=O)[nH]n1. The van der Waals surface area contributed by atoms with Gasteiger partial charge < -0.3 is 0 Å². The third kappa shape index (κ3) is 2.58. The first-order valence-electron chi connectivity index (χ1n) is 4.95. The molecule has 1 aromatic heterocycles. The lowest BCUT2D eigenvalue weighted by Crippen LogP contribution is -2.15. The minimum atomic E-state index is -0.120. The van der Waals surface area contributed by atoms with Crippen LogP contribution < -0.4 is 5.56 Å². The van der Waals surface area contributed by atoms with E-state index in [1.807, 2.05) is 37.3 Å². The summed E-state index contributed by atoms with van der Waals surface area (Å²) in [6.45, 7) is 1.86. The van der Waals surface area contributed by atoms with Crippen molar-refractivity contribution in [2.75, 3.05) is 0 Å². The highest BCUT2D eigenvalue weighted by molar-refractivity contribution is 9.10. The highest BCUT2D eigenvalue weighted by atomic mass is 79.9. The largest absolute Gasteiger partial charge is 0.268 e. The summed E-state index contributed by atoms with van der Waals surface area (Å²) in [4.78, 5) is 11.5. The number of nitrogens with zero attached hydrogens (tertiary/aromatic N) is 1. The first kappa shape index (κ1) is 11.1. The Morgan fingerprint density at radius 1 is 1.38 bits per heavy atom. The topological polar surface area (TPSA) is 45.8 Å². The summed E-state index contributed by atoms with van der Waals surface area (Å²) in [5.41, 5.74) is 2.55. The second-order valence-electron chi connectivity index (χ2n) is 3.67. The zero-order valence-corrected chi connectivity index (χ0v) is 10.4. The Hall–Kier alpha value is -1.42. The molecule has 2 rings (SSSR count). The third-order valence-corrected chi connectivity index (χ3v) is 2.79. The van der Waals surface area contributed by atoms with Gasteiger partial charge >= 0.3 is 0 Å². The molecular formula is C12H11BrN2O. The molecule has 0 aliphatic heterocycles. The zero-order valence-electron chi connectivity index (χ0n) is 8.83. The molecule has 0 saturated heterocycles. The maximum absolute atomic E-state index is 11.5. The molecule has 0 spiro atoms. The van der Waals surface area contributed by atoms with Gasteiger partial charge in [0.1, 0.15) is 0 Å². The van der Waals surface area contributed by atoms with Crippen LogP contribution in [0.2, 0.25) is 0 Å². The number of aromatic nitrogens is 2. The fourth-order valence-electron chi connectivity index (χ4n) is 1.56. The van der Waals surface area contributed by atoms with Crippen LogP contribution in [0.25, 0.3) is 0 Å². The lowest BCUT2D eigenvalue weighted by Gasteiger charge is -2.02. The van der Waals surface area contributed by atoms with Crippen molar-refractivity contribution in [1.29, 1.82) is 0 Å². The summed E-state index contributed by atoms with van der Waals surface area (Å²) >= 11 is 3.41. The van der Waals surface area contributed by atoms with E-state index in [0.717, 1.165) is 21.3 Å². The Labute approximate surface area is 102 Å². The molecule has 0 radical (unpaired) electrons. The molecule has 0 aliphatic rings. The molecular weight excluding hydrogens is 268 g/mol. The molecule has 1 N–H and O–H groups in total. The van der Waals surface area contributed by atoms with E-state index >= 15 is 0 Å². The first-order chi connectivity index (χ1) is 7.65. The maximum Gasteiger partial charge on any atom is 0.267 e. The van der Waals surface area contributed by atoms with Crippen molar-refractivity contribution in [2.45, 2.75) is 13.3 Å². The van der Waals surface area contributed by atoms with Gasteiger partial charge in [-0.15, -0.1) is 0 Å². The minimum absolute atomic E-state index is 0.120. The molecule has 16 heavy (non-hydrogen) atoms. The number of aromatic amines is 1. The van der Waals surface area contributed by atoms with Crippen molar-refractivity contribution in [2.24, 2.45) is 0 Å². The fourth-order valence-corrected chi connectivity index (χ4v) is 2.01. The molecule has 0 bridgehead atoms. The summed E-state index contributed by atoms with van der Waals surface area (Å²) in [5.74, 6) is 0. The fraction of sp³-hybridized carbons (Fsp3) is 0.167. The Morgan fingerprint density at radius 2 is 2.19 bits per heavy atom. The van der Waals surface area contributed by atoms with Gasteiger partial charge in [-0.1, -0.05) is 28.1 Å². The lowest BCUT2D eigenvalue weighted by atomic mass is 10.1. The summed E-state index contributed by atoms with van der Waals surface area (Å²) in [5, 5.41) is 6.34. The summed E-state index contributed by atoms with van der Waals surface area (Å²) in [6, 6.07) is 9.75. The number of hydrogen-bond acceptors (Lipinski definition) is 2. The van der Waals surface area contributed by atoms with Crippen molar-refractivity contribution in [1.82, 2.24) is 10.2 Å². The van der Waals surface area contributed by atoms with Gasteiger partial charge in [0.15, 0.2) is 0 Å². The Kier molecular flexibility index (Phi) is 3.19. The predicted octanol–water partition coefficient (Wildman–Crippen LogP) is 2.43. The van der Waals surface area contributed by atoms with E-state index in [0.29, 0.717) is 6.42 Å². The second kappa shape index (κ2) is 4.61. The van der Waals surface area contributed by atoms with E-state index in [1.165, 1.54) is 0 Å². The second-order valence-corrected chi connectivity index (χ2v) is 4.59. The molecule has 2 aromatic rings. The molecule has 4 heteroatoms. The monoisotopic (exact) mass is 278 g/mol. The Bertz CT molecular complexity index is 563. The average Bonchev–Trinajstić information content (AvgIpc) is 2.24. The van der Waals surface area contributed by atoms with Crippen LogP contribution in [-0.4, -0.2) is 10.2 Å². The van der Waals surface area contributed by atoms with E-state index in [4.69, 9.17) is 0 Å². The van der Waals surface area contributed by atoms with Crippen LogP contribution in [0.1, 0.15) is 16.8 Å². The normalized spacial score (nSPS) is 10.4. The Balaban J connectivity index is 2.34. The van der Waals surface area contributed by atoms with Crippen LogP contribution >= 0.6 is 15.9 Å².